The lowest BCUT2D eigenvalue weighted by Crippen LogP contribution is -2.52. The molecule has 1 N–H and O–H groups in total. The Morgan fingerprint density at radius 1 is 1.00 bits per heavy atom. The largest absolute Gasteiger partial charge is 0.368 e. The van der Waals surface area contributed by atoms with E-state index in [1.54, 1.807) is 12.4 Å². The van der Waals surface area contributed by atoms with Crippen molar-refractivity contribution in [3.8, 4) is 0 Å². The maximum absolute atomic E-state index is 12.4. The molecule has 1 saturated heterocycles. The normalized spacial score (nSPS) is 14.4. The average molecular weight is 352 g/mol. The molecule has 26 heavy (non-hydrogen) atoms. The van der Waals surface area contributed by atoms with Crippen LogP contribution in [-0.2, 0) is 19.4 Å². The minimum atomic E-state index is 0.0148. The Labute approximate surface area is 156 Å². The van der Waals surface area contributed by atoms with Crippen molar-refractivity contribution in [1.82, 2.24) is 15.2 Å². The van der Waals surface area contributed by atoms with Gasteiger partial charge in [-0.2, -0.15) is 0 Å². The van der Waals surface area contributed by atoms with Crippen molar-refractivity contribution in [2.75, 3.05) is 31.1 Å². The van der Waals surface area contributed by atoms with Gasteiger partial charge in [0.1, 0.15) is 0 Å². The number of para-hydroxylation sites is 1. The molecule has 0 radical (unpaired) electrons. The van der Waals surface area contributed by atoms with E-state index in [1.807, 2.05) is 17.0 Å². The summed E-state index contributed by atoms with van der Waals surface area (Å²) in [7, 11) is 0. The Balaban J connectivity index is 1.58. The zero-order valence-electron chi connectivity index (χ0n) is 15.7. The third-order valence-electron chi connectivity index (χ3n) is 5.04. The highest BCUT2D eigenvalue weighted by molar-refractivity contribution is 5.74. The molecule has 1 aliphatic heterocycles. The minimum absolute atomic E-state index is 0.0148. The standard InChI is InChI=1S/C21H28N4O/c1-3-18-6-5-7-19(4-2)20(18)24-12-14-25(15-13-24)21(26)23-16-17-8-10-22-11-9-17/h5-11H,3-4,12-16H2,1-2H3,(H,23,26). The van der Waals surface area contributed by atoms with Crippen LogP contribution in [0.1, 0.15) is 30.5 Å². The summed E-state index contributed by atoms with van der Waals surface area (Å²) in [5, 5.41) is 3.01. The second-order valence-electron chi connectivity index (χ2n) is 6.62. The molecule has 0 atom stereocenters. The summed E-state index contributed by atoms with van der Waals surface area (Å²) >= 11 is 0. The SMILES string of the molecule is CCc1cccc(CC)c1N1CCN(C(=O)NCc2ccncc2)CC1. The summed E-state index contributed by atoms with van der Waals surface area (Å²) in [6.07, 6.45) is 5.57. The molecule has 0 unspecified atom stereocenters. The predicted octanol–water partition coefficient (Wildman–Crippen LogP) is 3.24. The highest BCUT2D eigenvalue weighted by Gasteiger charge is 2.23. The molecular formula is C21H28N4O. The summed E-state index contributed by atoms with van der Waals surface area (Å²) in [6, 6.07) is 10.5. The first-order chi connectivity index (χ1) is 12.7. The van der Waals surface area contributed by atoms with Crippen LogP contribution in [0.3, 0.4) is 0 Å². The number of hydrogen-bond donors (Lipinski definition) is 1. The van der Waals surface area contributed by atoms with Gasteiger partial charge in [-0.3, -0.25) is 4.98 Å². The van der Waals surface area contributed by atoms with E-state index in [4.69, 9.17) is 0 Å². The van der Waals surface area contributed by atoms with Crippen LogP contribution >= 0.6 is 0 Å². The van der Waals surface area contributed by atoms with Crippen molar-refractivity contribution >= 4 is 11.7 Å². The van der Waals surface area contributed by atoms with Crippen molar-refractivity contribution in [3.05, 3.63) is 59.4 Å². The summed E-state index contributed by atoms with van der Waals surface area (Å²) in [6.45, 7) is 8.23. The molecular weight excluding hydrogens is 324 g/mol. The number of carbonyl (C=O) groups is 1. The predicted molar refractivity (Wildman–Crippen MR) is 105 cm³/mol. The first-order valence-electron chi connectivity index (χ1n) is 9.50. The molecule has 0 aliphatic carbocycles. The molecule has 1 aromatic heterocycles. The van der Waals surface area contributed by atoms with Crippen molar-refractivity contribution < 1.29 is 4.79 Å². The molecule has 138 valence electrons. The maximum Gasteiger partial charge on any atom is 0.317 e. The molecule has 2 amide bonds. The van der Waals surface area contributed by atoms with Gasteiger partial charge in [0.05, 0.1) is 0 Å². The molecule has 5 heteroatoms. The van der Waals surface area contributed by atoms with Crippen molar-refractivity contribution in [3.63, 3.8) is 0 Å². The number of piperazine rings is 1. The quantitative estimate of drug-likeness (QED) is 0.899. The fourth-order valence-electron chi connectivity index (χ4n) is 3.54. The smallest absolute Gasteiger partial charge is 0.317 e. The molecule has 0 spiro atoms. The molecule has 1 fully saturated rings. The van der Waals surface area contributed by atoms with Gasteiger partial charge in [-0.15, -0.1) is 0 Å². The van der Waals surface area contributed by atoms with Crippen LogP contribution in [0, 0.1) is 0 Å². The number of hydrogen-bond acceptors (Lipinski definition) is 3. The lowest BCUT2D eigenvalue weighted by Gasteiger charge is -2.38. The van der Waals surface area contributed by atoms with E-state index in [-0.39, 0.29) is 6.03 Å². The van der Waals surface area contributed by atoms with E-state index in [9.17, 15) is 4.79 Å². The number of urea groups is 1. The second-order valence-corrected chi connectivity index (χ2v) is 6.62. The number of carbonyl (C=O) groups excluding carboxylic acids is 1. The van der Waals surface area contributed by atoms with Crippen LogP contribution in [0.25, 0.3) is 0 Å². The monoisotopic (exact) mass is 352 g/mol. The van der Waals surface area contributed by atoms with Crippen LogP contribution in [0.15, 0.2) is 42.7 Å². The fourth-order valence-corrected chi connectivity index (χ4v) is 3.54. The molecule has 3 rings (SSSR count). The molecule has 0 saturated carbocycles. The number of benzene rings is 1. The number of rotatable bonds is 5. The summed E-state index contributed by atoms with van der Waals surface area (Å²) in [5.41, 5.74) is 5.26. The van der Waals surface area contributed by atoms with Gasteiger partial charge in [0.15, 0.2) is 0 Å². The first kappa shape index (κ1) is 18.2. The van der Waals surface area contributed by atoms with Gasteiger partial charge >= 0.3 is 6.03 Å². The van der Waals surface area contributed by atoms with Crippen molar-refractivity contribution in [1.29, 1.82) is 0 Å². The Morgan fingerprint density at radius 2 is 1.62 bits per heavy atom. The second kappa shape index (κ2) is 8.70. The van der Waals surface area contributed by atoms with E-state index in [1.165, 1.54) is 16.8 Å². The van der Waals surface area contributed by atoms with Crippen LogP contribution < -0.4 is 10.2 Å². The molecule has 1 aromatic carbocycles. The number of aryl methyl sites for hydroxylation is 2. The van der Waals surface area contributed by atoms with E-state index in [0.29, 0.717) is 6.54 Å². The first-order valence-corrected chi connectivity index (χ1v) is 9.50. The fraction of sp³-hybridized carbons (Fsp3) is 0.429. The van der Waals surface area contributed by atoms with E-state index in [2.05, 4.69) is 47.2 Å². The molecule has 2 heterocycles. The third kappa shape index (κ3) is 4.15. The average Bonchev–Trinajstić information content (AvgIpc) is 2.72. The Kier molecular flexibility index (Phi) is 6.10. The van der Waals surface area contributed by atoms with Crippen LogP contribution in [0.4, 0.5) is 10.5 Å². The molecule has 0 bridgehead atoms. The highest BCUT2D eigenvalue weighted by atomic mass is 16.2. The summed E-state index contributed by atoms with van der Waals surface area (Å²) < 4.78 is 0. The van der Waals surface area contributed by atoms with Gasteiger partial charge in [0.2, 0.25) is 0 Å². The molecule has 2 aromatic rings. The van der Waals surface area contributed by atoms with Gasteiger partial charge in [0, 0.05) is 50.8 Å². The van der Waals surface area contributed by atoms with Gasteiger partial charge < -0.3 is 15.1 Å². The zero-order chi connectivity index (χ0) is 18.4. The summed E-state index contributed by atoms with van der Waals surface area (Å²) in [4.78, 5) is 20.8. The third-order valence-corrected chi connectivity index (χ3v) is 5.04. The van der Waals surface area contributed by atoms with Crippen LogP contribution in [0.2, 0.25) is 0 Å². The van der Waals surface area contributed by atoms with Crippen molar-refractivity contribution in [2.24, 2.45) is 0 Å². The lowest BCUT2D eigenvalue weighted by molar-refractivity contribution is 0.194. The topological polar surface area (TPSA) is 48.5 Å². The summed E-state index contributed by atoms with van der Waals surface area (Å²) in [5.74, 6) is 0. The number of anilines is 1. The van der Waals surface area contributed by atoms with Crippen LogP contribution in [-0.4, -0.2) is 42.1 Å². The number of aromatic nitrogens is 1. The minimum Gasteiger partial charge on any atom is -0.368 e. The zero-order valence-corrected chi connectivity index (χ0v) is 15.7. The Morgan fingerprint density at radius 3 is 2.19 bits per heavy atom. The molecule has 1 aliphatic rings. The van der Waals surface area contributed by atoms with Gasteiger partial charge in [-0.25, -0.2) is 4.79 Å². The number of pyridine rings is 1. The highest BCUT2D eigenvalue weighted by Crippen LogP contribution is 2.28. The van der Waals surface area contributed by atoms with E-state index < -0.39 is 0 Å². The van der Waals surface area contributed by atoms with Crippen molar-refractivity contribution in [2.45, 2.75) is 33.2 Å². The Bertz CT molecular complexity index is 702. The number of nitrogens with zero attached hydrogens (tertiary/aromatic N) is 3. The van der Waals surface area contributed by atoms with Gasteiger partial charge in [-0.1, -0.05) is 32.0 Å². The van der Waals surface area contributed by atoms with Gasteiger partial charge in [0.25, 0.3) is 0 Å². The van der Waals surface area contributed by atoms with Crippen LogP contribution in [0.5, 0.6) is 0 Å². The number of nitrogens with one attached hydrogen (secondary N) is 1. The Hall–Kier alpha value is -2.56. The number of amides is 2. The lowest BCUT2D eigenvalue weighted by atomic mass is 10.0. The van der Waals surface area contributed by atoms with Gasteiger partial charge in [-0.05, 0) is 41.7 Å². The van der Waals surface area contributed by atoms with E-state index >= 15 is 0 Å². The maximum atomic E-state index is 12.4. The van der Waals surface area contributed by atoms with E-state index in [0.717, 1.165) is 44.6 Å². The molecule has 5 nitrogen and oxygen atoms in total.